The van der Waals surface area contributed by atoms with Gasteiger partial charge in [-0.05, 0) is 37.1 Å². The van der Waals surface area contributed by atoms with Gasteiger partial charge in [0.25, 0.3) is 0 Å². The Hall–Kier alpha value is -2.36. The first-order chi connectivity index (χ1) is 9.47. The van der Waals surface area contributed by atoms with Gasteiger partial charge in [0.2, 0.25) is 0 Å². The zero-order valence-corrected chi connectivity index (χ0v) is 11.8. The Kier molecular flexibility index (Phi) is 5.72. The van der Waals surface area contributed by atoms with E-state index < -0.39 is 11.9 Å². The SMILES string of the molecule is C=C(CC)C(=O)Oc1ccc(OC(=O)C(=C)CC)cc1. The third-order valence-electron chi connectivity index (χ3n) is 2.68. The number of hydrogen-bond donors (Lipinski definition) is 0. The molecule has 0 amide bonds. The summed E-state index contributed by atoms with van der Waals surface area (Å²) in [4.78, 5) is 23.0. The average Bonchev–Trinajstić information content (AvgIpc) is 2.47. The minimum absolute atomic E-state index is 0.374. The molecule has 1 aromatic carbocycles. The van der Waals surface area contributed by atoms with Crippen molar-refractivity contribution in [1.29, 1.82) is 0 Å². The molecular formula is C16H18O4. The van der Waals surface area contributed by atoms with E-state index in [1.54, 1.807) is 24.3 Å². The van der Waals surface area contributed by atoms with E-state index in [0.29, 0.717) is 35.5 Å². The summed E-state index contributed by atoms with van der Waals surface area (Å²) in [6.45, 7) is 10.9. The van der Waals surface area contributed by atoms with Crippen LogP contribution in [0, 0.1) is 0 Å². The number of esters is 2. The van der Waals surface area contributed by atoms with Crippen LogP contribution in [0.25, 0.3) is 0 Å². The van der Waals surface area contributed by atoms with E-state index in [4.69, 9.17) is 9.47 Å². The van der Waals surface area contributed by atoms with E-state index in [2.05, 4.69) is 13.2 Å². The second-order valence-corrected chi connectivity index (χ2v) is 4.16. The maximum Gasteiger partial charge on any atom is 0.338 e. The molecule has 0 N–H and O–H groups in total. The van der Waals surface area contributed by atoms with Crippen LogP contribution in [0.15, 0.2) is 48.6 Å². The molecule has 106 valence electrons. The van der Waals surface area contributed by atoms with Gasteiger partial charge in [0.15, 0.2) is 0 Å². The predicted molar refractivity (Wildman–Crippen MR) is 76.6 cm³/mol. The van der Waals surface area contributed by atoms with Gasteiger partial charge in [-0.25, -0.2) is 9.59 Å². The van der Waals surface area contributed by atoms with Crippen molar-refractivity contribution in [3.05, 3.63) is 48.6 Å². The quantitative estimate of drug-likeness (QED) is 0.453. The van der Waals surface area contributed by atoms with Crippen molar-refractivity contribution in [2.24, 2.45) is 0 Å². The van der Waals surface area contributed by atoms with Crippen LogP contribution in [0.2, 0.25) is 0 Å². The molecule has 0 bridgehead atoms. The number of carbonyl (C=O) groups excluding carboxylic acids is 2. The molecule has 4 heteroatoms. The highest BCUT2D eigenvalue weighted by Crippen LogP contribution is 2.19. The van der Waals surface area contributed by atoms with Gasteiger partial charge < -0.3 is 9.47 Å². The van der Waals surface area contributed by atoms with Crippen LogP contribution in [0.4, 0.5) is 0 Å². The van der Waals surface area contributed by atoms with Crippen LogP contribution in [-0.2, 0) is 9.59 Å². The Labute approximate surface area is 118 Å². The highest BCUT2D eigenvalue weighted by molar-refractivity contribution is 5.90. The topological polar surface area (TPSA) is 52.6 Å². The third kappa shape index (κ3) is 4.39. The van der Waals surface area contributed by atoms with Gasteiger partial charge in [-0.15, -0.1) is 0 Å². The Bertz CT molecular complexity index is 477. The molecule has 0 aliphatic carbocycles. The lowest BCUT2D eigenvalue weighted by molar-refractivity contribution is -0.131. The van der Waals surface area contributed by atoms with E-state index in [1.165, 1.54) is 0 Å². The first kappa shape index (κ1) is 15.7. The van der Waals surface area contributed by atoms with E-state index >= 15 is 0 Å². The molecule has 0 saturated heterocycles. The fraction of sp³-hybridized carbons (Fsp3) is 0.250. The second kappa shape index (κ2) is 7.28. The van der Waals surface area contributed by atoms with Gasteiger partial charge in [0.05, 0.1) is 0 Å². The van der Waals surface area contributed by atoms with Gasteiger partial charge in [0, 0.05) is 11.1 Å². The maximum atomic E-state index is 11.5. The Morgan fingerprint density at radius 3 is 1.40 bits per heavy atom. The van der Waals surface area contributed by atoms with Gasteiger partial charge in [-0.2, -0.15) is 0 Å². The highest BCUT2D eigenvalue weighted by Gasteiger charge is 2.10. The zero-order valence-electron chi connectivity index (χ0n) is 11.8. The molecule has 0 radical (unpaired) electrons. The number of ether oxygens (including phenoxy) is 2. The van der Waals surface area contributed by atoms with Crippen LogP contribution in [0.5, 0.6) is 11.5 Å². The fourth-order valence-corrected chi connectivity index (χ4v) is 1.22. The Morgan fingerprint density at radius 2 is 1.15 bits per heavy atom. The number of carbonyl (C=O) groups is 2. The van der Waals surface area contributed by atoms with Crippen LogP contribution in [0.1, 0.15) is 26.7 Å². The second-order valence-electron chi connectivity index (χ2n) is 4.16. The summed E-state index contributed by atoms with van der Waals surface area (Å²) in [7, 11) is 0. The molecule has 1 aromatic rings. The maximum absolute atomic E-state index is 11.5. The Morgan fingerprint density at radius 1 is 0.850 bits per heavy atom. The molecule has 0 atom stereocenters. The summed E-state index contributed by atoms with van der Waals surface area (Å²) < 4.78 is 10.2. The Balaban J connectivity index is 2.65. The molecule has 4 nitrogen and oxygen atoms in total. The van der Waals surface area contributed by atoms with Crippen LogP contribution in [0.3, 0.4) is 0 Å². The molecule has 20 heavy (non-hydrogen) atoms. The molecule has 0 spiro atoms. The van der Waals surface area contributed by atoms with Crippen molar-refractivity contribution in [3.8, 4) is 11.5 Å². The normalized spacial score (nSPS) is 9.70. The molecule has 0 heterocycles. The standard InChI is InChI=1S/C16H18O4/c1-5-11(3)15(17)19-13-7-9-14(10-8-13)20-16(18)12(4)6-2/h7-10H,3-6H2,1-2H3. The van der Waals surface area contributed by atoms with Crippen LogP contribution < -0.4 is 9.47 Å². The minimum atomic E-state index is -0.461. The predicted octanol–water partition coefficient (Wildman–Crippen LogP) is 3.43. The molecule has 0 aliphatic heterocycles. The number of rotatable bonds is 6. The van der Waals surface area contributed by atoms with E-state index in [9.17, 15) is 9.59 Å². The summed E-state index contributed by atoms with van der Waals surface area (Å²) in [6, 6.07) is 6.21. The van der Waals surface area contributed by atoms with Crippen LogP contribution >= 0.6 is 0 Å². The van der Waals surface area contributed by atoms with Crippen molar-refractivity contribution in [3.63, 3.8) is 0 Å². The van der Waals surface area contributed by atoms with Crippen molar-refractivity contribution in [1.82, 2.24) is 0 Å². The molecule has 0 unspecified atom stereocenters. The number of hydrogen-bond acceptors (Lipinski definition) is 4. The van der Waals surface area contributed by atoms with Gasteiger partial charge in [-0.3, -0.25) is 0 Å². The molecule has 0 fully saturated rings. The summed E-state index contributed by atoms with van der Waals surface area (Å²) in [5.74, 6) is -0.175. The van der Waals surface area contributed by atoms with Crippen molar-refractivity contribution >= 4 is 11.9 Å². The van der Waals surface area contributed by atoms with Crippen molar-refractivity contribution in [2.45, 2.75) is 26.7 Å². The molecular weight excluding hydrogens is 256 g/mol. The average molecular weight is 274 g/mol. The van der Waals surface area contributed by atoms with Gasteiger partial charge >= 0.3 is 11.9 Å². The fourth-order valence-electron chi connectivity index (χ4n) is 1.22. The summed E-state index contributed by atoms with van der Waals surface area (Å²) in [5, 5.41) is 0. The smallest absolute Gasteiger partial charge is 0.338 e. The largest absolute Gasteiger partial charge is 0.423 e. The minimum Gasteiger partial charge on any atom is -0.423 e. The summed E-state index contributed by atoms with van der Waals surface area (Å²) in [5.41, 5.74) is 0.805. The monoisotopic (exact) mass is 274 g/mol. The highest BCUT2D eigenvalue weighted by atomic mass is 16.5. The lowest BCUT2D eigenvalue weighted by atomic mass is 10.2. The van der Waals surface area contributed by atoms with Crippen molar-refractivity contribution < 1.29 is 19.1 Å². The first-order valence-corrected chi connectivity index (χ1v) is 6.37. The van der Waals surface area contributed by atoms with E-state index in [0.717, 1.165) is 0 Å². The number of benzene rings is 1. The molecule has 0 aromatic heterocycles. The molecule has 1 rings (SSSR count). The van der Waals surface area contributed by atoms with Gasteiger partial charge in [-0.1, -0.05) is 27.0 Å². The van der Waals surface area contributed by atoms with E-state index in [1.807, 2.05) is 13.8 Å². The molecule has 0 aliphatic rings. The lowest BCUT2D eigenvalue weighted by Gasteiger charge is -2.07. The first-order valence-electron chi connectivity index (χ1n) is 6.37. The van der Waals surface area contributed by atoms with Gasteiger partial charge in [0.1, 0.15) is 11.5 Å². The molecule has 0 saturated carbocycles. The van der Waals surface area contributed by atoms with Crippen LogP contribution in [-0.4, -0.2) is 11.9 Å². The van der Waals surface area contributed by atoms with E-state index in [-0.39, 0.29) is 0 Å². The zero-order chi connectivity index (χ0) is 15.1. The third-order valence-corrected chi connectivity index (χ3v) is 2.68. The summed E-state index contributed by atoms with van der Waals surface area (Å²) >= 11 is 0. The summed E-state index contributed by atoms with van der Waals surface area (Å²) in [6.07, 6.45) is 1.07. The van der Waals surface area contributed by atoms with Crippen molar-refractivity contribution in [2.75, 3.05) is 0 Å². The lowest BCUT2D eigenvalue weighted by Crippen LogP contribution is -2.11.